The second kappa shape index (κ2) is 5.53. The number of hydrazone groups is 1. The number of oxazole rings is 1. The number of para-hydroxylation sites is 2. The fourth-order valence-corrected chi connectivity index (χ4v) is 2.14. The summed E-state index contributed by atoms with van der Waals surface area (Å²) in [7, 11) is 0. The normalized spacial score (nSPS) is 11.3. The molecule has 1 aromatic heterocycles. The van der Waals surface area contributed by atoms with Crippen LogP contribution >= 0.6 is 23.2 Å². The Labute approximate surface area is 125 Å². The Kier molecular flexibility index (Phi) is 3.58. The summed E-state index contributed by atoms with van der Waals surface area (Å²) in [4.78, 5) is 4.23. The van der Waals surface area contributed by atoms with Gasteiger partial charge in [-0.1, -0.05) is 41.4 Å². The van der Waals surface area contributed by atoms with Crippen LogP contribution in [0.5, 0.6) is 0 Å². The number of halogens is 2. The van der Waals surface area contributed by atoms with E-state index in [0.717, 1.165) is 11.1 Å². The highest BCUT2D eigenvalue weighted by molar-refractivity contribution is 6.36. The summed E-state index contributed by atoms with van der Waals surface area (Å²) in [6.07, 6.45) is 1.58. The first kappa shape index (κ1) is 13.0. The maximum Gasteiger partial charge on any atom is 0.316 e. The molecule has 1 N–H and O–H groups in total. The van der Waals surface area contributed by atoms with Crippen LogP contribution in [0, 0.1) is 0 Å². The third kappa shape index (κ3) is 2.76. The lowest BCUT2D eigenvalue weighted by Gasteiger charge is -1.98. The molecular formula is C14H9Cl2N3O. The van der Waals surface area contributed by atoms with Crippen molar-refractivity contribution in [3.8, 4) is 0 Å². The monoisotopic (exact) mass is 305 g/mol. The van der Waals surface area contributed by atoms with Gasteiger partial charge >= 0.3 is 6.01 Å². The number of aromatic nitrogens is 1. The van der Waals surface area contributed by atoms with Gasteiger partial charge in [0.1, 0.15) is 5.52 Å². The van der Waals surface area contributed by atoms with Gasteiger partial charge in [0.15, 0.2) is 5.58 Å². The molecular weight excluding hydrogens is 297 g/mol. The molecule has 100 valence electrons. The average molecular weight is 306 g/mol. The Hall–Kier alpha value is -2.04. The summed E-state index contributed by atoms with van der Waals surface area (Å²) < 4.78 is 5.47. The van der Waals surface area contributed by atoms with Crippen molar-refractivity contribution in [2.24, 2.45) is 5.10 Å². The van der Waals surface area contributed by atoms with Gasteiger partial charge in [0.05, 0.1) is 11.2 Å². The first-order valence-corrected chi connectivity index (χ1v) is 6.58. The highest BCUT2D eigenvalue weighted by atomic mass is 35.5. The predicted molar refractivity (Wildman–Crippen MR) is 81.7 cm³/mol. The van der Waals surface area contributed by atoms with E-state index in [1.54, 1.807) is 24.4 Å². The molecule has 0 radical (unpaired) electrons. The minimum Gasteiger partial charge on any atom is -0.422 e. The first-order chi connectivity index (χ1) is 9.72. The molecule has 4 nitrogen and oxygen atoms in total. The van der Waals surface area contributed by atoms with E-state index in [1.165, 1.54) is 0 Å². The molecule has 0 atom stereocenters. The molecule has 0 saturated heterocycles. The van der Waals surface area contributed by atoms with Gasteiger partial charge in [-0.3, -0.25) is 0 Å². The molecule has 0 aliphatic heterocycles. The molecule has 3 rings (SSSR count). The highest BCUT2D eigenvalue weighted by Gasteiger charge is 2.03. The van der Waals surface area contributed by atoms with Gasteiger partial charge in [-0.05, 0) is 24.3 Å². The molecule has 0 unspecified atom stereocenters. The minimum atomic E-state index is 0.326. The fraction of sp³-hybridized carbons (Fsp3) is 0. The average Bonchev–Trinajstić information content (AvgIpc) is 2.84. The van der Waals surface area contributed by atoms with E-state index in [2.05, 4.69) is 15.5 Å². The Morgan fingerprint density at radius 2 is 2.00 bits per heavy atom. The minimum absolute atomic E-state index is 0.326. The molecule has 1 heterocycles. The lowest BCUT2D eigenvalue weighted by Crippen LogP contribution is -1.91. The van der Waals surface area contributed by atoms with Crippen LogP contribution < -0.4 is 5.43 Å². The van der Waals surface area contributed by atoms with E-state index in [-0.39, 0.29) is 0 Å². The lowest BCUT2D eigenvalue weighted by atomic mass is 10.2. The zero-order valence-corrected chi connectivity index (χ0v) is 11.7. The summed E-state index contributed by atoms with van der Waals surface area (Å²) in [6, 6.07) is 13.0. The molecule has 0 amide bonds. The number of nitrogens with zero attached hydrogens (tertiary/aromatic N) is 2. The van der Waals surface area contributed by atoms with E-state index in [1.807, 2.05) is 24.3 Å². The van der Waals surface area contributed by atoms with Gasteiger partial charge in [0, 0.05) is 10.6 Å². The predicted octanol–water partition coefficient (Wildman–Crippen LogP) is 4.58. The van der Waals surface area contributed by atoms with Crippen molar-refractivity contribution in [2.75, 3.05) is 5.43 Å². The summed E-state index contributed by atoms with van der Waals surface area (Å²) >= 11 is 11.9. The van der Waals surface area contributed by atoms with E-state index in [4.69, 9.17) is 27.6 Å². The number of fused-ring (bicyclic) bond motifs is 1. The Bertz CT molecular complexity index is 750. The van der Waals surface area contributed by atoms with Crippen LogP contribution in [0.15, 0.2) is 52.0 Å². The van der Waals surface area contributed by atoms with E-state index < -0.39 is 0 Å². The standard InChI is InChI=1S/C14H9Cl2N3O/c15-10-6-5-9(11(16)7-10)8-17-19-14-18-12-3-1-2-4-13(12)20-14/h1-8H,(H,18,19). The molecule has 2 aromatic carbocycles. The number of benzene rings is 2. The van der Waals surface area contributed by atoms with Crippen LogP contribution in [0.25, 0.3) is 11.1 Å². The van der Waals surface area contributed by atoms with Gasteiger partial charge in [0.2, 0.25) is 0 Å². The molecule has 20 heavy (non-hydrogen) atoms. The van der Waals surface area contributed by atoms with Gasteiger partial charge in [-0.15, -0.1) is 0 Å². The molecule has 0 aliphatic carbocycles. The molecule has 0 bridgehead atoms. The van der Waals surface area contributed by atoms with Crippen molar-refractivity contribution in [1.29, 1.82) is 0 Å². The highest BCUT2D eigenvalue weighted by Crippen LogP contribution is 2.20. The van der Waals surface area contributed by atoms with Crippen molar-refractivity contribution in [2.45, 2.75) is 0 Å². The van der Waals surface area contributed by atoms with Crippen molar-refractivity contribution in [3.63, 3.8) is 0 Å². The van der Waals surface area contributed by atoms with Gasteiger partial charge in [0.25, 0.3) is 0 Å². The number of hydrogen-bond donors (Lipinski definition) is 1. The maximum absolute atomic E-state index is 6.03. The van der Waals surface area contributed by atoms with Crippen molar-refractivity contribution < 1.29 is 4.42 Å². The van der Waals surface area contributed by atoms with Crippen molar-refractivity contribution >= 4 is 46.5 Å². The zero-order valence-electron chi connectivity index (χ0n) is 10.2. The van der Waals surface area contributed by atoms with Crippen molar-refractivity contribution in [3.05, 3.63) is 58.1 Å². The number of rotatable bonds is 3. The summed E-state index contributed by atoms with van der Waals surface area (Å²) in [5.74, 6) is 0. The second-order valence-corrected chi connectivity index (χ2v) is 4.87. The van der Waals surface area contributed by atoms with Gasteiger partial charge in [-0.2, -0.15) is 10.1 Å². The molecule has 0 aliphatic rings. The Morgan fingerprint density at radius 1 is 1.15 bits per heavy atom. The second-order valence-electron chi connectivity index (χ2n) is 4.02. The van der Waals surface area contributed by atoms with Crippen LogP contribution in [0.4, 0.5) is 6.01 Å². The molecule has 0 spiro atoms. The Morgan fingerprint density at radius 3 is 2.80 bits per heavy atom. The Balaban J connectivity index is 1.76. The van der Waals surface area contributed by atoms with Crippen LogP contribution in [-0.2, 0) is 0 Å². The summed E-state index contributed by atoms with van der Waals surface area (Å²) in [6.45, 7) is 0. The molecule has 3 aromatic rings. The molecule has 6 heteroatoms. The van der Waals surface area contributed by atoms with Crippen molar-refractivity contribution in [1.82, 2.24) is 4.98 Å². The lowest BCUT2D eigenvalue weighted by molar-refractivity contribution is 0.617. The fourth-order valence-electron chi connectivity index (χ4n) is 1.68. The number of nitrogens with one attached hydrogen (secondary N) is 1. The SMILES string of the molecule is Clc1ccc(C=NNc2nc3ccccc3o2)c(Cl)c1. The first-order valence-electron chi connectivity index (χ1n) is 5.82. The molecule has 0 saturated carbocycles. The van der Waals surface area contributed by atoms with Gasteiger partial charge in [-0.25, -0.2) is 5.43 Å². The number of hydrogen-bond acceptors (Lipinski definition) is 4. The number of anilines is 1. The third-order valence-electron chi connectivity index (χ3n) is 2.62. The third-order valence-corrected chi connectivity index (χ3v) is 3.18. The quantitative estimate of drug-likeness (QED) is 0.569. The van der Waals surface area contributed by atoms with Gasteiger partial charge < -0.3 is 4.42 Å². The van der Waals surface area contributed by atoms with E-state index in [0.29, 0.717) is 21.6 Å². The van der Waals surface area contributed by atoms with Crippen LogP contribution in [-0.4, -0.2) is 11.2 Å². The summed E-state index contributed by atoms with van der Waals surface area (Å²) in [5, 5.41) is 5.15. The van der Waals surface area contributed by atoms with Crippen LogP contribution in [0.1, 0.15) is 5.56 Å². The van der Waals surface area contributed by atoms with Crippen LogP contribution in [0.2, 0.25) is 10.0 Å². The largest absolute Gasteiger partial charge is 0.422 e. The zero-order chi connectivity index (χ0) is 13.9. The van der Waals surface area contributed by atoms with E-state index in [9.17, 15) is 0 Å². The smallest absolute Gasteiger partial charge is 0.316 e. The van der Waals surface area contributed by atoms with E-state index >= 15 is 0 Å². The van der Waals surface area contributed by atoms with Crippen LogP contribution in [0.3, 0.4) is 0 Å². The topological polar surface area (TPSA) is 50.4 Å². The molecule has 0 fully saturated rings. The maximum atomic E-state index is 6.03. The summed E-state index contributed by atoms with van der Waals surface area (Å²) in [5.41, 5.74) is 4.95.